The van der Waals surface area contributed by atoms with Crippen molar-refractivity contribution in [1.82, 2.24) is 4.90 Å². The molecule has 0 spiro atoms. The number of fused-ring (bicyclic) bond motifs is 2. The predicted octanol–water partition coefficient (Wildman–Crippen LogP) is 6.98. The van der Waals surface area contributed by atoms with E-state index in [2.05, 4.69) is 96.8 Å². The number of benzene rings is 3. The number of hydrogen-bond acceptors (Lipinski definition) is 2. The Labute approximate surface area is 199 Å². The van der Waals surface area contributed by atoms with Gasteiger partial charge in [-0.15, -0.1) is 0 Å². The van der Waals surface area contributed by atoms with E-state index in [1.165, 1.54) is 54.5 Å². The van der Waals surface area contributed by atoms with Crippen molar-refractivity contribution in [1.29, 1.82) is 0 Å². The van der Waals surface area contributed by atoms with Crippen LogP contribution in [0, 0.1) is 0 Å². The minimum absolute atomic E-state index is 0.0196. The van der Waals surface area contributed by atoms with E-state index < -0.39 is 0 Å². The molecule has 2 nitrogen and oxygen atoms in total. The third-order valence-corrected chi connectivity index (χ3v) is 7.69. The Morgan fingerprint density at radius 1 is 0.758 bits per heavy atom. The van der Waals surface area contributed by atoms with E-state index >= 15 is 0 Å². The van der Waals surface area contributed by atoms with Crippen LogP contribution >= 0.6 is 0 Å². The molecule has 0 aromatic heterocycles. The van der Waals surface area contributed by atoms with Crippen LogP contribution in [-0.2, 0) is 17.6 Å². The van der Waals surface area contributed by atoms with Gasteiger partial charge in [-0.1, -0.05) is 91.9 Å². The number of piperidine rings is 1. The molecule has 2 heterocycles. The Morgan fingerprint density at radius 3 is 2.00 bits per heavy atom. The summed E-state index contributed by atoms with van der Waals surface area (Å²) in [7, 11) is 0. The van der Waals surface area contributed by atoms with E-state index in [9.17, 15) is 0 Å². The Hall–Kier alpha value is -2.42. The van der Waals surface area contributed by atoms with Crippen LogP contribution in [0.5, 0.6) is 0 Å². The maximum Gasteiger partial charge on any atom is 0.108 e. The molecule has 4 atom stereocenters. The molecule has 2 aliphatic rings. The maximum absolute atomic E-state index is 6.91. The second-order valence-corrected chi connectivity index (χ2v) is 9.83. The number of nitrogens with zero attached hydrogens (tertiary/aromatic N) is 1. The summed E-state index contributed by atoms with van der Waals surface area (Å²) >= 11 is 0. The first-order valence-electron chi connectivity index (χ1n) is 12.9. The summed E-state index contributed by atoms with van der Waals surface area (Å²) in [6.07, 6.45) is 8.85. The summed E-state index contributed by atoms with van der Waals surface area (Å²) in [5.74, 6) is 0. The average Bonchev–Trinajstić information content (AvgIpc) is 3.11. The normalized spacial score (nSPS) is 23.5. The summed E-state index contributed by atoms with van der Waals surface area (Å²) in [6, 6.07) is 32.1. The summed E-state index contributed by atoms with van der Waals surface area (Å²) in [5.41, 5.74) is 5.38. The van der Waals surface area contributed by atoms with Gasteiger partial charge < -0.3 is 4.74 Å². The highest BCUT2D eigenvalue weighted by Gasteiger charge is 2.41. The van der Waals surface area contributed by atoms with Crippen molar-refractivity contribution in [2.24, 2.45) is 0 Å². The molecule has 2 fully saturated rings. The standard InChI is InChI=1S/C31H37NO/c1-2-24-15-17-27(18-16-24)31(26-13-7-4-8-14-26)33-30-22-28-19-20-29(23-30)32(28)21-9-12-25-10-5-3-6-11-25/h3-8,10-11,13-18,28-31H,2,9,12,19-23H2,1H3/t28-,29+,30?,31?. The second kappa shape index (κ2) is 10.7. The summed E-state index contributed by atoms with van der Waals surface area (Å²) in [6.45, 7) is 3.43. The molecule has 2 bridgehead atoms. The van der Waals surface area contributed by atoms with E-state index in [0.717, 1.165) is 19.3 Å². The van der Waals surface area contributed by atoms with Crippen molar-refractivity contribution in [2.45, 2.75) is 76.2 Å². The lowest BCUT2D eigenvalue weighted by Gasteiger charge is -2.40. The van der Waals surface area contributed by atoms with Crippen LogP contribution < -0.4 is 0 Å². The summed E-state index contributed by atoms with van der Waals surface area (Å²) in [4.78, 5) is 2.80. The first kappa shape index (κ1) is 22.4. The van der Waals surface area contributed by atoms with Gasteiger partial charge in [-0.2, -0.15) is 0 Å². The fourth-order valence-corrected chi connectivity index (χ4v) is 5.91. The fourth-order valence-electron chi connectivity index (χ4n) is 5.91. The minimum atomic E-state index is 0.0196. The lowest BCUT2D eigenvalue weighted by Crippen LogP contribution is -2.46. The molecule has 0 amide bonds. The van der Waals surface area contributed by atoms with Crippen molar-refractivity contribution < 1.29 is 4.74 Å². The number of hydrogen-bond donors (Lipinski definition) is 0. The van der Waals surface area contributed by atoms with Gasteiger partial charge in [-0.3, -0.25) is 4.90 Å². The topological polar surface area (TPSA) is 12.5 Å². The summed E-state index contributed by atoms with van der Waals surface area (Å²) < 4.78 is 6.91. The molecule has 2 saturated heterocycles. The Kier molecular flexibility index (Phi) is 7.24. The molecule has 2 unspecified atom stereocenters. The molecule has 0 aliphatic carbocycles. The predicted molar refractivity (Wildman–Crippen MR) is 136 cm³/mol. The maximum atomic E-state index is 6.91. The smallest absolute Gasteiger partial charge is 0.108 e. The van der Waals surface area contributed by atoms with Gasteiger partial charge in [0.15, 0.2) is 0 Å². The van der Waals surface area contributed by atoms with Crippen molar-refractivity contribution in [2.75, 3.05) is 6.54 Å². The van der Waals surface area contributed by atoms with Crippen molar-refractivity contribution >= 4 is 0 Å². The Balaban J connectivity index is 1.23. The van der Waals surface area contributed by atoms with Crippen LogP contribution in [0.2, 0.25) is 0 Å². The summed E-state index contributed by atoms with van der Waals surface area (Å²) in [5, 5.41) is 0. The first-order valence-corrected chi connectivity index (χ1v) is 12.9. The van der Waals surface area contributed by atoms with Crippen LogP contribution in [0.15, 0.2) is 84.9 Å². The Morgan fingerprint density at radius 2 is 1.36 bits per heavy atom. The number of ether oxygens (including phenoxy) is 1. The highest BCUT2D eigenvalue weighted by molar-refractivity contribution is 5.32. The van der Waals surface area contributed by atoms with Crippen LogP contribution in [-0.4, -0.2) is 29.6 Å². The van der Waals surface area contributed by atoms with Crippen LogP contribution in [0.4, 0.5) is 0 Å². The van der Waals surface area contributed by atoms with Gasteiger partial charge >= 0.3 is 0 Å². The largest absolute Gasteiger partial charge is 0.365 e. The molecule has 0 radical (unpaired) electrons. The van der Waals surface area contributed by atoms with Gasteiger partial charge in [0.05, 0.1) is 6.10 Å². The molecule has 172 valence electrons. The van der Waals surface area contributed by atoms with E-state index in [4.69, 9.17) is 4.74 Å². The van der Waals surface area contributed by atoms with E-state index in [-0.39, 0.29) is 6.10 Å². The highest BCUT2D eigenvalue weighted by Crippen LogP contribution is 2.40. The minimum Gasteiger partial charge on any atom is -0.365 e. The van der Waals surface area contributed by atoms with E-state index in [0.29, 0.717) is 18.2 Å². The van der Waals surface area contributed by atoms with Gasteiger partial charge in [-0.25, -0.2) is 0 Å². The zero-order chi connectivity index (χ0) is 22.5. The second-order valence-electron chi connectivity index (χ2n) is 9.83. The zero-order valence-electron chi connectivity index (χ0n) is 19.9. The monoisotopic (exact) mass is 439 g/mol. The molecule has 5 rings (SSSR count). The van der Waals surface area contributed by atoms with Gasteiger partial charge in [0.2, 0.25) is 0 Å². The molecular formula is C31H37NO. The molecule has 3 aromatic rings. The van der Waals surface area contributed by atoms with Gasteiger partial charge in [0.25, 0.3) is 0 Å². The molecular weight excluding hydrogens is 402 g/mol. The lowest BCUT2D eigenvalue weighted by atomic mass is 9.96. The number of aryl methyl sites for hydroxylation is 2. The van der Waals surface area contributed by atoms with Crippen molar-refractivity contribution in [3.05, 3.63) is 107 Å². The van der Waals surface area contributed by atoms with Crippen LogP contribution in [0.25, 0.3) is 0 Å². The van der Waals surface area contributed by atoms with Gasteiger partial charge in [0, 0.05) is 12.1 Å². The lowest BCUT2D eigenvalue weighted by molar-refractivity contribution is -0.0482. The molecule has 2 aliphatic heterocycles. The Bertz CT molecular complexity index is 970. The first-order chi connectivity index (χ1) is 16.3. The SMILES string of the molecule is CCc1ccc(C(OC2C[C@H]3CC[C@@H](C2)N3CCCc2ccccc2)c2ccccc2)cc1. The third kappa shape index (κ3) is 5.39. The average molecular weight is 440 g/mol. The molecule has 0 N–H and O–H groups in total. The zero-order valence-corrected chi connectivity index (χ0v) is 19.9. The van der Waals surface area contributed by atoms with E-state index in [1.54, 1.807) is 0 Å². The fraction of sp³-hybridized carbons (Fsp3) is 0.419. The van der Waals surface area contributed by atoms with Crippen LogP contribution in [0.3, 0.4) is 0 Å². The van der Waals surface area contributed by atoms with E-state index in [1.807, 2.05) is 0 Å². The highest BCUT2D eigenvalue weighted by atomic mass is 16.5. The molecule has 33 heavy (non-hydrogen) atoms. The van der Waals surface area contributed by atoms with Crippen molar-refractivity contribution in [3.8, 4) is 0 Å². The molecule has 3 aromatic carbocycles. The molecule has 2 heteroatoms. The van der Waals surface area contributed by atoms with Gasteiger partial charge in [-0.05, 0) is 73.7 Å². The van der Waals surface area contributed by atoms with Gasteiger partial charge in [0.1, 0.15) is 6.10 Å². The van der Waals surface area contributed by atoms with Crippen molar-refractivity contribution in [3.63, 3.8) is 0 Å². The third-order valence-electron chi connectivity index (χ3n) is 7.69. The number of rotatable bonds is 9. The quantitative estimate of drug-likeness (QED) is 0.356. The van der Waals surface area contributed by atoms with Crippen LogP contribution in [0.1, 0.15) is 67.4 Å². The molecule has 0 saturated carbocycles.